The first-order valence-corrected chi connectivity index (χ1v) is 8.42. The Morgan fingerprint density at radius 1 is 1.15 bits per heavy atom. The second kappa shape index (κ2) is 10.2. The predicted octanol–water partition coefficient (Wildman–Crippen LogP) is 2.27. The maximum Gasteiger partial charge on any atom is 0.331 e. The summed E-state index contributed by atoms with van der Waals surface area (Å²) < 4.78 is 15.5. The van der Waals surface area contributed by atoms with Crippen LogP contribution in [-0.2, 0) is 14.3 Å². The van der Waals surface area contributed by atoms with Crippen LogP contribution in [0, 0.1) is 0 Å². The quantitative estimate of drug-likeness (QED) is 0.557. The first kappa shape index (κ1) is 22.0. The summed E-state index contributed by atoms with van der Waals surface area (Å²) in [6.45, 7) is 7.09. The molecule has 27 heavy (non-hydrogen) atoms. The molecule has 1 rings (SSSR count). The molecule has 0 radical (unpaired) electrons. The lowest BCUT2D eigenvalue weighted by molar-refractivity contribution is -0.143. The van der Waals surface area contributed by atoms with Crippen LogP contribution in [0.25, 0.3) is 6.08 Å². The summed E-state index contributed by atoms with van der Waals surface area (Å²) in [6, 6.07) is 4.53. The summed E-state index contributed by atoms with van der Waals surface area (Å²) in [7, 11) is 1.54. The van der Waals surface area contributed by atoms with Crippen molar-refractivity contribution in [2.45, 2.75) is 33.2 Å². The zero-order valence-electron chi connectivity index (χ0n) is 16.3. The largest absolute Gasteiger partial charge is 0.493 e. The van der Waals surface area contributed by atoms with E-state index < -0.39 is 30.1 Å². The fourth-order valence-corrected chi connectivity index (χ4v) is 1.95. The lowest BCUT2D eigenvalue weighted by Gasteiger charge is -2.20. The van der Waals surface area contributed by atoms with Crippen molar-refractivity contribution in [2.24, 2.45) is 0 Å². The van der Waals surface area contributed by atoms with Crippen LogP contribution in [-0.4, -0.2) is 43.8 Å². The highest BCUT2D eigenvalue weighted by molar-refractivity contribution is 5.96. The van der Waals surface area contributed by atoms with Crippen molar-refractivity contribution in [1.29, 1.82) is 0 Å². The van der Waals surface area contributed by atoms with Gasteiger partial charge in [0.15, 0.2) is 18.1 Å². The molecule has 1 aromatic carbocycles. The molecule has 0 saturated carbocycles. The van der Waals surface area contributed by atoms with Crippen LogP contribution < -0.4 is 20.1 Å². The molecule has 0 aliphatic heterocycles. The Labute approximate surface area is 158 Å². The number of imide groups is 1. The van der Waals surface area contributed by atoms with E-state index in [2.05, 4.69) is 10.6 Å². The molecule has 2 N–H and O–H groups in total. The Kier molecular flexibility index (Phi) is 8.32. The van der Waals surface area contributed by atoms with Gasteiger partial charge in [-0.3, -0.25) is 10.1 Å². The summed E-state index contributed by atoms with van der Waals surface area (Å²) in [5.74, 6) is -0.293. The standard InChI is InChI=1S/C19H26N2O6/c1-6-26-15-11-13(7-9-14(15)25-5)8-10-17(23)27-12-16(22)20-18(24)21-19(2,3)4/h7-11H,6,12H2,1-5H3,(H2,20,21,22,24)/b10-8+. The van der Waals surface area contributed by atoms with Crippen LogP contribution in [0.1, 0.15) is 33.3 Å². The van der Waals surface area contributed by atoms with Gasteiger partial charge in [-0.05, 0) is 51.5 Å². The first-order chi connectivity index (χ1) is 12.6. The molecule has 1 aromatic rings. The molecule has 0 aliphatic rings. The molecule has 0 bridgehead atoms. The van der Waals surface area contributed by atoms with Gasteiger partial charge in [0, 0.05) is 11.6 Å². The third kappa shape index (κ3) is 8.75. The van der Waals surface area contributed by atoms with Crippen molar-refractivity contribution >= 4 is 24.0 Å². The summed E-state index contributed by atoms with van der Waals surface area (Å²) in [6.07, 6.45) is 2.70. The van der Waals surface area contributed by atoms with Crippen LogP contribution in [0.2, 0.25) is 0 Å². The number of benzene rings is 1. The fourth-order valence-electron chi connectivity index (χ4n) is 1.95. The number of rotatable bonds is 7. The lowest BCUT2D eigenvalue weighted by atomic mass is 10.1. The maximum atomic E-state index is 11.7. The predicted molar refractivity (Wildman–Crippen MR) is 101 cm³/mol. The minimum absolute atomic E-state index is 0.476. The van der Waals surface area contributed by atoms with Crippen LogP contribution in [0.4, 0.5) is 4.79 Å². The SMILES string of the molecule is CCOc1cc(/C=C/C(=O)OCC(=O)NC(=O)NC(C)(C)C)ccc1OC. The summed E-state index contributed by atoms with van der Waals surface area (Å²) in [4.78, 5) is 34.9. The Balaban J connectivity index is 2.53. The van der Waals surface area contributed by atoms with Crippen molar-refractivity contribution in [3.8, 4) is 11.5 Å². The van der Waals surface area contributed by atoms with E-state index in [0.717, 1.165) is 0 Å². The topological polar surface area (TPSA) is 103 Å². The number of carbonyl (C=O) groups excluding carboxylic acids is 3. The number of carbonyl (C=O) groups is 3. The molecular weight excluding hydrogens is 352 g/mol. The van der Waals surface area contributed by atoms with Crippen molar-refractivity contribution in [2.75, 3.05) is 20.3 Å². The number of hydrogen-bond acceptors (Lipinski definition) is 6. The highest BCUT2D eigenvalue weighted by Gasteiger charge is 2.16. The van der Waals surface area contributed by atoms with Gasteiger partial charge < -0.3 is 19.5 Å². The number of ether oxygens (including phenoxy) is 3. The van der Waals surface area contributed by atoms with Crippen LogP contribution in [0.15, 0.2) is 24.3 Å². The van der Waals surface area contributed by atoms with E-state index in [9.17, 15) is 14.4 Å². The van der Waals surface area contributed by atoms with Crippen molar-refractivity contribution in [1.82, 2.24) is 10.6 Å². The highest BCUT2D eigenvalue weighted by atomic mass is 16.5. The van der Waals surface area contributed by atoms with E-state index >= 15 is 0 Å². The number of nitrogens with one attached hydrogen (secondary N) is 2. The van der Waals surface area contributed by atoms with Gasteiger partial charge in [0.05, 0.1) is 13.7 Å². The van der Waals surface area contributed by atoms with Crippen molar-refractivity contribution in [3.63, 3.8) is 0 Å². The molecule has 0 aromatic heterocycles. The molecule has 8 nitrogen and oxygen atoms in total. The number of amides is 3. The molecule has 0 unspecified atom stereocenters. The number of hydrogen-bond donors (Lipinski definition) is 2. The zero-order valence-corrected chi connectivity index (χ0v) is 16.3. The smallest absolute Gasteiger partial charge is 0.331 e. The minimum atomic E-state index is -0.721. The Morgan fingerprint density at radius 3 is 2.44 bits per heavy atom. The molecule has 0 atom stereocenters. The normalized spacial score (nSPS) is 11.0. The summed E-state index contributed by atoms with van der Waals surface area (Å²) in [5, 5.41) is 4.64. The van der Waals surface area contributed by atoms with Gasteiger partial charge in [-0.15, -0.1) is 0 Å². The van der Waals surface area contributed by atoms with Crippen molar-refractivity contribution < 1.29 is 28.6 Å². The van der Waals surface area contributed by atoms with Crippen LogP contribution in [0.3, 0.4) is 0 Å². The molecule has 8 heteroatoms. The second-order valence-electron chi connectivity index (χ2n) is 6.54. The van der Waals surface area contributed by atoms with Gasteiger partial charge in [-0.2, -0.15) is 0 Å². The number of urea groups is 1. The minimum Gasteiger partial charge on any atom is -0.493 e. The van der Waals surface area contributed by atoms with E-state index in [4.69, 9.17) is 14.2 Å². The van der Waals surface area contributed by atoms with Gasteiger partial charge in [0.25, 0.3) is 5.91 Å². The monoisotopic (exact) mass is 378 g/mol. The molecule has 148 valence electrons. The third-order valence-electron chi connectivity index (χ3n) is 2.99. The second-order valence-corrected chi connectivity index (χ2v) is 6.54. The molecule has 0 aliphatic carbocycles. The van der Waals surface area contributed by atoms with Gasteiger partial charge in [0.2, 0.25) is 0 Å². The fraction of sp³-hybridized carbons (Fsp3) is 0.421. The summed E-state index contributed by atoms with van der Waals surface area (Å²) >= 11 is 0. The Bertz CT molecular complexity index is 707. The van der Waals surface area contributed by atoms with E-state index in [1.54, 1.807) is 39.0 Å². The van der Waals surface area contributed by atoms with E-state index in [-0.39, 0.29) is 0 Å². The Hall–Kier alpha value is -3.03. The van der Waals surface area contributed by atoms with E-state index in [0.29, 0.717) is 23.7 Å². The maximum absolute atomic E-state index is 11.7. The first-order valence-electron chi connectivity index (χ1n) is 8.42. The number of esters is 1. The zero-order chi connectivity index (χ0) is 20.4. The average molecular weight is 378 g/mol. The van der Waals surface area contributed by atoms with Crippen molar-refractivity contribution in [3.05, 3.63) is 29.8 Å². The van der Waals surface area contributed by atoms with Gasteiger partial charge in [-0.25, -0.2) is 9.59 Å². The molecule has 3 amide bonds. The van der Waals surface area contributed by atoms with Gasteiger partial charge in [0.1, 0.15) is 0 Å². The van der Waals surface area contributed by atoms with Gasteiger partial charge in [-0.1, -0.05) is 6.07 Å². The molecule has 0 saturated heterocycles. The van der Waals surface area contributed by atoms with Gasteiger partial charge >= 0.3 is 12.0 Å². The molecule has 0 heterocycles. The van der Waals surface area contributed by atoms with E-state index in [1.807, 2.05) is 6.92 Å². The molecule has 0 spiro atoms. The highest BCUT2D eigenvalue weighted by Crippen LogP contribution is 2.28. The van der Waals surface area contributed by atoms with Crippen LogP contribution >= 0.6 is 0 Å². The number of methoxy groups -OCH3 is 1. The summed E-state index contributed by atoms with van der Waals surface area (Å²) in [5.41, 5.74) is 0.216. The Morgan fingerprint density at radius 2 is 1.85 bits per heavy atom. The molecule has 0 fully saturated rings. The van der Waals surface area contributed by atoms with E-state index in [1.165, 1.54) is 19.3 Å². The van der Waals surface area contributed by atoms with Crippen LogP contribution in [0.5, 0.6) is 11.5 Å². The average Bonchev–Trinajstić information content (AvgIpc) is 2.57. The molecular formula is C19H26N2O6. The third-order valence-corrected chi connectivity index (χ3v) is 2.99. The lowest BCUT2D eigenvalue weighted by Crippen LogP contribution is -2.49.